The van der Waals surface area contributed by atoms with Gasteiger partial charge in [-0.25, -0.2) is 9.78 Å². The monoisotopic (exact) mass is 370 g/mol. The van der Waals surface area contributed by atoms with Gasteiger partial charge in [-0.05, 0) is 40.0 Å². The van der Waals surface area contributed by atoms with E-state index in [9.17, 15) is 4.79 Å². The number of urea groups is 1. The molecule has 0 atom stereocenters. The zero-order chi connectivity index (χ0) is 16.1. The van der Waals surface area contributed by atoms with Crippen LogP contribution in [0.5, 0.6) is 0 Å². The minimum atomic E-state index is -0.274. The maximum Gasteiger partial charge on any atom is 0.320 e. The van der Waals surface area contributed by atoms with Crippen LogP contribution in [0.25, 0.3) is 10.9 Å². The molecule has 2 heterocycles. The van der Waals surface area contributed by atoms with Gasteiger partial charge in [-0.15, -0.1) is 0 Å². The van der Waals surface area contributed by atoms with Crippen molar-refractivity contribution < 1.29 is 4.79 Å². The van der Waals surface area contributed by atoms with Crippen molar-refractivity contribution in [1.82, 2.24) is 15.3 Å². The second-order valence-corrected chi connectivity index (χ2v) is 5.74. The summed E-state index contributed by atoms with van der Waals surface area (Å²) in [5.74, 6) is 0.481. The zero-order valence-electron chi connectivity index (χ0n) is 12.3. The molecule has 0 aliphatic rings. The van der Waals surface area contributed by atoms with Crippen molar-refractivity contribution >= 4 is 38.7 Å². The second kappa shape index (κ2) is 7.19. The molecule has 0 unspecified atom stereocenters. The van der Waals surface area contributed by atoms with E-state index >= 15 is 0 Å². The quantitative estimate of drug-likeness (QED) is 0.687. The molecule has 0 saturated heterocycles. The van der Waals surface area contributed by atoms with Crippen LogP contribution >= 0.6 is 15.9 Å². The maximum absolute atomic E-state index is 12.0. The number of carbonyl (C=O) groups is 1. The lowest BCUT2D eigenvalue weighted by atomic mass is 10.1. The molecule has 3 rings (SSSR count). The molecule has 0 fully saturated rings. The number of aromatic nitrogens is 2. The van der Waals surface area contributed by atoms with Crippen LogP contribution < -0.4 is 10.6 Å². The van der Waals surface area contributed by atoms with Gasteiger partial charge in [0.05, 0.1) is 0 Å². The fraction of sp³-hybridized carbons (Fsp3) is 0.118. The second-order valence-electron chi connectivity index (χ2n) is 4.99. The highest BCUT2D eigenvalue weighted by Gasteiger charge is 2.07. The Balaban J connectivity index is 1.59. The van der Waals surface area contributed by atoms with Crippen molar-refractivity contribution in [3.8, 4) is 0 Å². The van der Waals surface area contributed by atoms with Gasteiger partial charge in [0.2, 0.25) is 0 Å². The van der Waals surface area contributed by atoms with Gasteiger partial charge in [0.25, 0.3) is 0 Å². The Kier molecular flexibility index (Phi) is 4.83. The normalized spacial score (nSPS) is 10.5. The number of hydrogen-bond donors (Lipinski definition) is 2. The Morgan fingerprint density at radius 1 is 1.13 bits per heavy atom. The zero-order valence-corrected chi connectivity index (χ0v) is 13.9. The van der Waals surface area contributed by atoms with E-state index < -0.39 is 0 Å². The Labute approximate surface area is 142 Å². The molecule has 0 radical (unpaired) electrons. The molecule has 2 aromatic heterocycles. The standard InChI is InChI=1S/C17H15BrN4O/c18-16-15-13(7-4-9-19-15)11-14(21-16)22-17(23)20-10-8-12-5-2-1-3-6-12/h1-7,9,11H,8,10H2,(H2,20,21,22,23). The molecule has 3 aromatic rings. The van der Waals surface area contributed by atoms with E-state index in [2.05, 4.69) is 36.5 Å². The summed E-state index contributed by atoms with van der Waals surface area (Å²) in [5, 5.41) is 6.48. The summed E-state index contributed by atoms with van der Waals surface area (Å²) < 4.78 is 0.607. The number of nitrogens with one attached hydrogen (secondary N) is 2. The van der Waals surface area contributed by atoms with E-state index in [-0.39, 0.29) is 6.03 Å². The number of hydrogen-bond acceptors (Lipinski definition) is 3. The molecule has 2 N–H and O–H groups in total. The Bertz CT molecular complexity index is 823. The summed E-state index contributed by atoms with van der Waals surface area (Å²) in [7, 11) is 0. The van der Waals surface area contributed by atoms with Gasteiger partial charge < -0.3 is 5.32 Å². The maximum atomic E-state index is 12.0. The van der Waals surface area contributed by atoms with Crippen LogP contribution in [-0.4, -0.2) is 22.5 Å². The Hall–Kier alpha value is -2.47. The van der Waals surface area contributed by atoms with E-state index in [1.807, 2.05) is 42.5 Å². The van der Waals surface area contributed by atoms with Gasteiger partial charge in [0.15, 0.2) is 0 Å². The lowest BCUT2D eigenvalue weighted by Gasteiger charge is -2.08. The number of anilines is 1. The SMILES string of the molecule is O=C(NCCc1ccccc1)Nc1cc2cccnc2c(Br)n1. The van der Waals surface area contributed by atoms with Crippen molar-refractivity contribution in [3.63, 3.8) is 0 Å². The number of rotatable bonds is 4. The molecule has 2 amide bonds. The minimum Gasteiger partial charge on any atom is -0.337 e. The molecular weight excluding hydrogens is 356 g/mol. The van der Waals surface area contributed by atoms with Gasteiger partial charge in [-0.2, -0.15) is 0 Å². The van der Waals surface area contributed by atoms with E-state index in [0.717, 1.165) is 17.3 Å². The van der Waals surface area contributed by atoms with E-state index in [0.29, 0.717) is 17.0 Å². The average Bonchev–Trinajstić information content (AvgIpc) is 2.56. The molecule has 0 aliphatic heterocycles. The molecule has 0 aliphatic carbocycles. The number of benzene rings is 1. The molecule has 0 bridgehead atoms. The van der Waals surface area contributed by atoms with Crippen LogP contribution in [0.4, 0.5) is 10.6 Å². The fourth-order valence-corrected chi connectivity index (χ4v) is 2.76. The summed E-state index contributed by atoms with van der Waals surface area (Å²) in [6, 6.07) is 15.3. The molecular formula is C17H15BrN4O. The summed E-state index contributed by atoms with van der Waals surface area (Å²) in [5.41, 5.74) is 1.95. The highest BCUT2D eigenvalue weighted by molar-refractivity contribution is 9.10. The third kappa shape index (κ3) is 4.04. The van der Waals surface area contributed by atoms with Crippen LogP contribution in [0.1, 0.15) is 5.56 Å². The minimum absolute atomic E-state index is 0.274. The van der Waals surface area contributed by atoms with Gasteiger partial charge in [0, 0.05) is 18.1 Å². The topological polar surface area (TPSA) is 66.9 Å². The van der Waals surface area contributed by atoms with E-state index in [1.165, 1.54) is 5.56 Å². The van der Waals surface area contributed by atoms with Gasteiger partial charge in [-0.3, -0.25) is 10.3 Å². The molecule has 6 heteroatoms. The van der Waals surface area contributed by atoms with Gasteiger partial charge in [0.1, 0.15) is 15.9 Å². The fourth-order valence-electron chi connectivity index (χ4n) is 2.23. The summed E-state index contributed by atoms with van der Waals surface area (Å²) >= 11 is 3.38. The van der Waals surface area contributed by atoms with Crippen LogP contribution in [0.2, 0.25) is 0 Å². The molecule has 1 aromatic carbocycles. The smallest absolute Gasteiger partial charge is 0.320 e. The lowest BCUT2D eigenvalue weighted by molar-refractivity contribution is 0.252. The summed E-state index contributed by atoms with van der Waals surface area (Å²) in [6.45, 7) is 0.562. The largest absolute Gasteiger partial charge is 0.337 e. The number of halogens is 1. The van der Waals surface area contributed by atoms with Gasteiger partial charge in [-0.1, -0.05) is 36.4 Å². The molecule has 23 heavy (non-hydrogen) atoms. The Morgan fingerprint density at radius 3 is 2.78 bits per heavy atom. The third-order valence-corrected chi connectivity index (χ3v) is 3.88. The van der Waals surface area contributed by atoms with E-state index in [1.54, 1.807) is 12.3 Å². The molecule has 116 valence electrons. The average molecular weight is 371 g/mol. The highest BCUT2D eigenvalue weighted by Crippen LogP contribution is 2.22. The number of carbonyl (C=O) groups excluding carboxylic acids is 1. The molecule has 0 saturated carbocycles. The van der Waals surface area contributed by atoms with Crippen LogP contribution in [-0.2, 0) is 6.42 Å². The predicted molar refractivity (Wildman–Crippen MR) is 94.4 cm³/mol. The first kappa shape index (κ1) is 15.4. The lowest BCUT2D eigenvalue weighted by Crippen LogP contribution is -2.30. The van der Waals surface area contributed by atoms with Crippen molar-refractivity contribution in [2.45, 2.75) is 6.42 Å². The first-order valence-corrected chi connectivity index (χ1v) is 8.02. The van der Waals surface area contributed by atoms with Crippen molar-refractivity contribution in [3.05, 3.63) is 64.9 Å². The first-order chi connectivity index (χ1) is 11.2. The van der Waals surface area contributed by atoms with Crippen molar-refractivity contribution in [1.29, 1.82) is 0 Å². The molecule has 5 nitrogen and oxygen atoms in total. The van der Waals surface area contributed by atoms with Crippen molar-refractivity contribution in [2.75, 3.05) is 11.9 Å². The number of amides is 2. The van der Waals surface area contributed by atoms with E-state index in [4.69, 9.17) is 0 Å². The highest BCUT2D eigenvalue weighted by atomic mass is 79.9. The number of fused-ring (bicyclic) bond motifs is 1. The Morgan fingerprint density at radius 2 is 1.96 bits per heavy atom. The summed E-state index contributed by atoms with van der Waals surface area (Å²) in [6.07, 6.45) is 2.49. The van der Waals surface area contributed by atoms with Crippen LogP contribution in [0, 0.1) is 0 Å². The number of pyridine rings is 2. The predicted octanol–water partition coefficient (Wildman–Crippen LogP) is 3.76. The molecule has 0 spiro atoms. The summed E-state index contributed by atoms with van der Waals surface area (Å²) in [4.78, 5) is 20.5. The van der Waals surface area contributed by atoms with Crippen molar-refractivity contribution in [2.24, 2.45) is 0 Å². The van der Waals surface area contributed by atoms with Crippen LogP contribution in [0.15, 0.2) is 59.3 Å². The third-order valence-electron chi connectivity index (χ3n) is 3.33. The van der Waals surface area contributed by atoms with Crippen LogP contribution in [0.3, 0.4) is 0 Å². The first-order valence-electron chi connectivity index (χ1n) is 7.22. The van der Waals surface area contributed by atoms with Gasteiger partial charge >= 0.3 is 6.03 Å². The number of nitrogens with zero attached hydrogens (tertiary/aromatic N) is 2.